The minimum Gasteiger partial charge on any atom is -0.507 e. The molecule has 0 saturated heterocycles. The lowest BCUT2D eigenvalue weighted by atomic mass is 10.1. The van der Waals surface area contributed by atoms with Crippen molar-refractivity contribution in [3.8, 4) is 5.75 Å². The molecule has 0 fully saturated rings. The highest BCUT2D eigenvalue weighted by atomic mass is 16.3. The fourth-order valence-electron chi connectivity index (χ4n) is 2.51. The fourth-order valence-corrected chi connectivity index (χ4v) is 2.51. The molecule has 0 aliphatic heterocycles. The molecule has 3 rings (SSSR count). The lowest BCUT2D eigenvalue weighted by Gasteiger charge is -2.13. The van der Waals surface area contributed by atoms with E-state index in [2.05, 4.69) is 34.6 Å². The Morgan fingerprint density at radius 3 is 2.80 bits per heavy atom. The van der Waals surface area contributed by atoms with Crippen molar-refractivity contribution in [1.29, 1.82) is 0 Å². The Morgan fingerprint density at radius 1 is 1.10 bits per heavy atom. The predicted octanol–water partition coefficient (Wildman–Crippen LogP) is 4.10. The molecule has 20 heavy (non-hydrogen) atoms. The van der Waals surface area contributed by atoms with Gasteiger partial charge in [0.05, 0.1) is 5.52 Å². The molecule has 3 nitrogen and oxygen atoms in total. The Labute approximate surface area is 118 Å². The van der Waals surface area contributed by atoms with Gasteiger partial charge in [0.1, 0.15) is 5.75 Å². The van der Waals surface area contributed by atoms with Crippen molar-refractivity contribution in [2.24, 2.45) is 0 Å². The molecule has 0 atom stereocenters. The molecule has 0 radical (unpaired) electrons. The summed E-state index contributed by atoms with van der Waals surface area (Å²) in [6.07, 6.45) is 1.96. The monoisotopic (exact) mass is 266 g/mol. The summed E-state index contributed by atoms with van der Waals surface area (Å²) in [7, 11) is 0. The van der Waals surface area contributed by atoms with Crippen LogP contribution >= 0.6 is 0 Å². The average molecular weight is 266 g/mol. The molecule has 3 aromatic rings. The van der Waals surface area contributed by atoms with Gasteiger partial charge in [-0.3, -0.25) is 0 Å². The number of H-pyrrole nitrogens is 1. The molecule has 3 N–H and O–H groups in total. The van der Waals surface area contributed by atoms with Crippen LogP contribution in [0.3, 0.4) is 0 Å². The zero-order valence-corrected chi connectivity index (χ0v) is 11.7. The van der Waals surface area contributed by atoms with Crippen molar-refractivity contribution in [2.75, 3.05) is 5.32 Å². The maximum absolute atomic E-state index is 9.98. The molecular formula is C17H18N2O. The van der Waals surface area contributed by atoms with Crippen LogP contribution in [0.4, 0.5) is 5.69 Å². The summed E-state index contributed by atoms with van der Waals surface area (Å²) in [5, 5.41) is 14.6. The number of anilines is 1. The number of phenols is 1. The molecule has 102 valence electrons. The third-order valence-corrected chi connectivity index (χ3v) is 3.78. The van der Waals surface area contributed by atoms with Crippen molar-refractivity contribution >= 4 is 16.6 Å². The van der Waals surface area contributed by atoms with E-state index >= 15 is 0 Å². The first kappa shape index (κ1) is 12.6. The first-order valence-electron chi connectivity index (χ1n) is 6.75. The fraction of sp³-hybridized carbons (Fsp3) is 0.176. The number of aromatic amines is 1. The van der Waals surface area contributed by atoms with E-state index in [0.717, 1.165) is 28.9 Å². The lowest BCUT2D eigenvalue weighted by molar-refractivity contribution is 0.467. The summed E-state index contributed by atoms with van der Waals surface area (Å²) < 4.78 is 0. The van der Waals surface area contributed by atoms with Crippen molar-refractivity contribution in [1.82, 2.24) is 4.98 Å². The van der Waals surface area contributed by atoms with Crippen LogP contribution in [0.1, 0.15) is 16.7 Å². The highest BCUT2D eigenvalue weighted by Gasteiger charge is 2.07. The number of aryl methyl sites for hydroxylation is 1. The minimum absolute atomic E-state index is 0.369. The molecule has 0 saturated carbocycles. The van der Waals surface area contributed by atoms with Crippen molar-refractivity contribution in [3.05, 3.63) is 59.3 Å². The lowest BCUT2D eigenvalue weighted by Crippen LogP contribution is -2.02. The first-order chi connectivity index (χ1) is 9.66. The Kier molecular flexibility index (Phi) is 3.11. The topological polar surface area (TPSA) is 48.0 Å². The maximum Gasteiger partial charge on any atom is 0.123 e. The Balaban J connectivity index is 1.87. The quantitative estimate of drug-likeness (QED) is 0.668. The minimum atomic E-state index is 0.369. The second-order valence-electron chi connectivity index (χ2n) is 5.12. The first-order valence-corrected chi connectivity index (χ1v) is 6.75. The molecule has 1 heterocycles. The maximum atomic E-state index is 9.98. The van der Waals surface area contributed by atoms with Gasteiger partial charge in [0.15, 0.2) is 0 Å². The molecule has 0 amide bonds. The zero-order chi connectivity index (χ0) is 14.1. The van der Waals surface area contributed by atoms with Crippen molar-refractivity contribution < 1.29 is 5.11 Å². The van der Waals surface area contributed by atoms with Gasteiger partial charge in [-0.25, -0.2) is 0 Å². The van der Waals surface area contributed by atoms with Gasteiger partial charge >= 0.3 is 0 Å². The van der Waals surface area contributed by atoms with E-state index in [0.29, 0.717) is 5.75 Å². The Bertz CT molecular complexity index is 759. The summed E-state index contributed by atoms with van der Waals surface area (Å²) in [6, 6.07) is 12.3. The van der Waals surface area contributed by atoms with E-state index in [1.807, 2.05) is 32.2 Å². The summed E-state index contributed by atoms with van der Waals surface area (Å²) in [6.45, 7) is 4.56. The van der Waals surface area contributed by atoms with Crippen molar-refractivity contribution in [3.63, 3.8) is 0 Å². The van der Waals surface area contributed by atoms with Gasteiger partial charge in [0.2, 0.25) is 0 Å². The van der Waals surface area contributed by atoms with Gasteiger partial charge < -0.3 is 15.4 Å². The third kappa shape index (κ3) is 2.11. The molecule has 0 aliphatic carbocycles. The van der Waals surface area contributed by atoms with Crippen LogP contribution in [-0.4, -0.2) is 10.1 Å². The molecule has 0 spiro atoms. The number of rotatable bonds is 3. The highest BCUT2D eigenvalue weighted by molar-refractivity contribution is 5.82. The Hall–Kier alpha value is -2.42. The zero-order valence-electron chi connectivity index (χ0n) is 11.7. The van der Waals surface area contributed by atoms with Crippen LogP contribution in [0.15, 0.2) is 42.6 Å². The summed E-state index contributed by atoms with van der Waals surface area (Å²) in [4.78, 5) is 3.27. The van der Waals surface area contributed by atoms with Gasteiger partial charge in [0, 0.05) is 24.0 Å². The van der Waals surface area contributed by atoms with Gasteiger partial charge in [-0.1, -0.05) is 24.3 Å². The van der Waals surface area contributed by atoms with Crippen LogP contribution < -0.4 is 5.32 Å². The molecular weight excluding hydrogens is 248 g/mol. The van der Waals surface area contributed by atoms with E-state index in [1.165, 1.54) is 10.9 Å². The smallest absolute Gasteiger partial charge is 0.123 e. The molecule has 3 heteroatoms. The van der Waals surface area contributed by atoms with Crippen LogP contribution in [0.2, 0.25) is 0 Å². The number of aromatic hydroxyl groups is 1. The summed E-state index contributed by atoms with van der Waals surface area (Å²) in [5.41, 5.74) is 5.14. The van der Waals surface area contributed by atoms with Gasteiger partial charge in [-0.2, -0.15) is 0 Å². The number of hydrogen-bond acceptors (Lipinski definition) is 2. The highest BCUT2D eigenvalue weighted by Crippen LogP contribution is 2.28. The van der Waals surface area contributed by atoms with Gasteiger partial charge in [-0.05, 0) is 42.5 Å². The molecule has 1 aromatic heterocycles. The van der Waals surface area contributed by atoms with Crippen LogP contribution in [0, 0.1) is 13.8 Å². The standard InChI is InChI=1S/C17H18N2O/c1-11-6-7-15(12(2)17(11)20)19-10-14-5-3-4-13-8-9-18-16(13)14/h3-9,18-20H,10H2,1-2H3. The van der Waals surface area contributed by atoms with E-state index in [9.17, 15) is 5.11 Å². The number of fused-ring (bicyclic) bond motifs is 1. The number of benzene rings is 2. The SMILES string of the molecule is Cc1ccc(NCc2cccc3cc[nH]c23)c(C)c1O. The van der Waals surface area contributed by atoms with Gasteiger partial charge in [0.25, 0.3) is 0 Å². The molecule has 0 unspecified atom stereocenters. The number of nitrogens with one attached hydrogen (secondary N) is 2. The van der Waals surface area contributed by atoms with Crippen molar-refractivity contribution in [2.45, 2.75) is 20.4 Å². The third-order valence-electron chi connectivity index (χ3n) is 3.78. The number of aromatic nitrogens is 1. The van der Waals surface area contributed by atoms with Crippen LogP contribution in [-0.2, 0) is 6.54 Å². The van der Waals surface area contributed by atoms with Crippen LogP contribution in [0.25, 0.3) is 10.9 Å². The second-order valence-corrected chi connectivity index (χ2v) is 5.12. The number of hydrogen-bond donors (Lipinski definition) is 3. The van der Waals surface area contributed by atoms with E-state index in [1.54, 1.807) is 0 Å². The summed E-state index contributed by atoms with van der Waals surface area (Å²) >= 11 is 0. The average Bonchev–Trinajstić information content (AvgIpc) is 2.93. The predicted molar refractivity (Wildman–Crippen MR) is 83.2 cm³/mol. The second kappa shape index (κ2) is 4.93. The Morgan fingerprint density at radius 2 is 1.95 bits per heavy atom. The van der Waals surface area contributed by atoms with E-state index < -0.39 is 0 Å². The van der Waals surface area contributed by atoms with E-state index in [4.69, 9.17) is 0 Å². The number of para-hydroxylation sites is 1. The molecule has 0 bridgehead atoms. The molecule has 2 aromatic carbocycles. The largest absolute Gasteiger partial charge is 0.507 e. The van der Waals surface area contributed by atoms with E-state index in [-0.39, 0.29) is 0 Å². The normalized spacial score (nSPS) is 10.9. The molecule has 0 aliphatic rings. The van der Waals surface area contributed by atoms with Gasteiger partial charge in [-0.15, -0.1) is 0 Å². The number of phenolic OH excluding ortho intramolecular Hbond substituents is 1. The van der Waals surface area contributed by atoms with Crippen LogP contribution in [0.5, 0.6) is 5.75 Å². The summed E-state index contributed by atoms with van der Waals surface area (Å²) in [5.74, 6) is 0.369.